The molecule has 0 unspecified atom stereocenters. The SMILES string of the molecule is CCOc1ccc(C(=O)Nc2ccc(CC)cc2)cc1COCC(C)C. The van der Waals surface area contributed by atoms with Crippen molar-refractivity contribution in [1.29, 1.82) is 0 Å². The van der Waals surface area contributed by atoms with Crippen molar-refractivity contribution in [1.82, 2.24) is 0 Å². The molecular formula is C22H29NO3. The van der Waals surface area contributed by atoms with E-state index in [1.54, 1.807) is 6.07 Å². The highest BCUT2D eigenvalue weighted by Gasteiger charge is 2.11. The van der Waals surface area contributed by atoms with Crippen LogP contribution in [-0.2, 0) is 17.8 Å². The number of anilines is 1. The summed E-state index contributed by atoms with van der Waals surface area (Å²) in [6.45, 7) is 9.95. The summed E-state index contributed by atoms with van der Waals surface area (Å²) in [5, 5.41) is 2.94. The maximum absolute atomic E-state index is 12.6. The largest absolute Gasteiger partial charge is 0.494 e. The van der Waals surface area contributed by atoms with Gasteiger partial charge in [-0.1, -0.05) is 32.9 Å². The van der Waals surface area contributed by atoms with Crippen LogP contribution in [0.5, 0.6) is 5.75 Å². The number of ether oxygens (including phenoxy) is 2. The molecule has 0 saturated heterocycles. The third-order valence-electron chi connectivity index (χ3n) is 3.95. The van der Waals surface area contributed by atoms with Crippen LogP contribution in [0.15, 0.2) is 42.5 Å². The van der Waals surface area contributed by atoms with Crippen LogP contribution in [0.3, 0.4) is 0 Å². The van der Waals surface area contributed by atoms with Crippen LogP contribution in [0.25, 0.3) is 0 Å². The van der Waals surface area contributed by atoms with E-state index in [4.69, 9.17) is 9.47 Å². The maximum atomic E-state index is 12.6. The number of benzene rings is 2. The lowest BCUT2D eigenvalue weighted by atomic mass is 10.1. The predicted octanol–water partition coefficient (Wildman–Crippen LogP) is 5.07. The molecule has 0 aliphatic rings. The fraction of sp³-hybridized carbons (Fsp3) is 0.409. The van der Waals surface area contributed by atoms with Crippen molar-refractivity contribution in [3.05, 3.63) is 59.2 Å². The van der Waals surface area contributed by atoms with Crippen molar-refractivity contribution in [3.63, 3.8) is 0 Å². The van der Waals surface area contributed by atoms with E-state index in [0.29, 0.717) is 31.3 Å². The number of hydrogen-bond donors (Lipinski definition) is 1. The van der Waals surface area contributed by atoms with E-state index in [1.807, 2.05) is 43.3 Å². The van der Waals surface area contributed by atoms with E-state index in [1.165, 1.54) is 5.56 Å². The summed E-state index contributed by atoms with van der Waals surface area (Å²) >= 11 is 0. The van der Waals surface area contributed by atoms with Crippen molar-refractivity contribution in [2.45, 2.75) is 40.7 Å². The van der Waals surface area contributed by atoms with E-state index < -0.39 is 0 Å². The molecule has 0 heterocycles. The summed E-state index contributed by atoms with van der Waals surface area (Å²) < 4.78 is 11.4. The van der Waals surface area contributed by atoms with E-state index >= 15 is 0 Å². The van der Waals surface area contributed by atoms with Crippen LogP contribution in [0.4, 0.5) is 5.69 Å². The molecule has 2 aromatic rings. The molecule has 0 bridgehead atoms. The van der Waals surface area contributed by atoms with Gasteiger partial charge in [-0.15, -0.1) is 0 Å². The number of aryl methyl sites for hydroxylation is 1. The highest BCUT2D eigenvalue weighted by Crippen LogP contribution is 2.22. The quantitative estimate of drug-likeness (QED) is 0.683. The number of amides is 1. The summed E-state index contributed by atoms with van der Waals surface area (Å²) in [4.78, 5) is 12.6. The first-order valence-corrected chi connectivity index (χ1v) is 9.27. The van der Waals surface area contributed by atoms with Crippen LogP contribution in [-0.4, -0.2) is 19.1 Å². The Labute approximate surface area is 156 Å². The third-order valence-corrected chi connectivity index (χ3v) is 3.95. The second kappa shape index (κ2) is 9.97. The lowest BCUT2D eigenvalue weighted by Gasteiger charge is -2.14. The Morgan fingerprint density at radius 2 is 1.81 bits per heavy atom. The molecule has 2 rings (SSSR count). The lowest BCUT2D eigenvalue weighted by Crippen LogP contribution is -2.13. The number of rotatable bonds is 9. The van der Waals surface area contributed by atoms with Crippen LogP contribution >= 0.6 is 0 Å². The van der Waals surface area contributed by atoms with Gasteiger partial charge in [-0.3, -0.25) is 4.79 Å². The zero-order valence-electron chi connectivity index (χ0n) is 16.2. The standard InChI is InChI=1S/C22H29NO3/c1-5-17-7-10-20(11-8-17)23-22(24)18-9-12-21(26-6-2)19(13-18)15-25-14-16(3)4/h7-13,16H,5-6,14-15H2,1-4H3,(H,23,24). The Morgan fingerprint density at radius 1 is 1.08 bits per heavy atom. The molecular weight excluding hydrogens is 326 g/mol. The first-order valence-electron chi connectivity index (χ1n) is 9.27. The highest BCUT2D eigenvalue weighted by molar-refractivity contribution is 6.04. The molecule has 0 fully saturated rings. The molecule has 1 amide bonds. The van der Waals surface area contributed by atoms with E-state index in [9.17, 15) is 4.79 Å². The normalized spacial score (nSPS) is 10.8. The van der Waals surface area contributed by atoms with Crippen LogP contribution in [0.2, 0.25) is 0 Å². The first-order chi connectivity index (χ1) is 12.5. The molecule has 0 atom stereocenters. The Bertz CT molecular complexity index is 708. The third kappa shape index (κ3) is 5.88. The van der Waals surface area contributed by atoms with Gasteiger partial charge < -0.3 is 14.8 Å². The fourth-order valence-electron chi connectivity index (χ4n) is 2.56. The molecule has 0 radical (unpaired) electrons. The van der Waals surface area contributed by atoms with Gasteiger partial charge in [0, 0.05) is 23.4 Å². The fourth-order valence-corrected chi connectivity index (χ4v) is 2.56. The number of nitrogens with one attached hydrogen (secondary N) is 1. The Kier molecular flexibility index (Phi) is 7.67. The Morgan fingerprint density at radius 3 is 2.42 bits per heavy atom. The molecule has 4 heteroatoms. The molecule has 1 N–H and O–H groups in total. The summed E-state index contributed by atoms with van der Waals surface area (Å²) in [6, 6.07) is 13.4. The van der Waals surface area contributed by atoms with E-state index in [-0.39, 0.29) is 5.91 Å². The average Bonchev–Trinajstić information content (AvgIpc) is 2.63. The van der Waals surface area contributed by atoms with Crippen molar-refractivity contribution < 1.29 is 14.3 Å². The van der Waals surface area contributed by atoms with Crippen molar-refractivity contribution in [2.75, 3.05) is 18.5 Å². The Balaban J connectivity index is 2.12. The van der Waals surface area contributed by atoms with Gasteiger partial charge >= 0.3 is 0 Å². The Hall–Kier alpha value is -2.33. The van der Waals surface area contributed by atoms with Gasteiger partial charge in [0.05, 0.1) is 13.2 Å². The lowest BCUT2D eigenvalue weighted by molar-refractivity contribution is 0.0948. The molecule has 0 aliphatic heterocycles. The summed E-state index contributed by atoms with van der Waals surface area (Å²) in [5.41, 5.74) is 3.52. The first kappa shape index (κ1) is 20.0. The monoisotopic (exact) mass is 355 g/mol. The van der Waals surface area contributed by atoms with Gasteiger partial charge in [0.1, 0.15) is 5.75 Å². The molecule has 140 valence electrons. The minimum absolute atomic E-state index is 0.137. The molecule has 4 nitrogen and oxygen atoms in total. The maximum Gasteiger partial charge on any atom is 0.255 e. The van der Waals surface area contributed by atoms with Crippen molar-refractivity contribution in [3.8, 4) is 5.75 Å². The van der Waals surface area contributed by atoms with Gasteiger partial charge in [0.2, 0.25) is 0 Å². The summed E-state index contributed by atoms with van der Waals surface area (Å²) in [7, 11) is 0. The number of hydrogen-bond acceptors (Lipinski definition) is 3. The zero-order valence-corrected chi connectivity index (χ0v) is 16.2. The molecule has 26 heavy (non-hydrogen) atoms. The molecule has 0 aliphatic carbocycles. The van der Waals surface area contributed by atoms with E-state index in [2.05, 4.69) is 26.1 Å². The summed E-state index contributed by atoms with van der Waals surface area (Å²) in [5.74, 6) is 1.09. The number of carbonyl (C=O) groups is 1. The molecule has 0 aromatic heterocycles. The van der Waals surface area contributed by atoms with Gasteiger partial charge in [0.25, 0.3) is 5.91 Å². The number of carbonyl (C=O) groups excluding carboxylic acids is 1. The van der Waals surface area contributed by atoms with Crippen LogP contribution in [0.1, 0.15) is 49.2 Å². The van der Waals surface area contributed by atoms with Crippen LogP contribution in [0, 0.1) is 5.92 Å². The minimum Gasteiger partial charge on any atom is -0.494 e. The topological polar surface area (TPSA) is 47.6 Å². The van der Waals surface area contributed by atoms with Crippen molar-refractivity contribution >= 4 is 11.6 Å². The second-order valence-electron chi connectivity index (χ2n) is 6.67. The van der Waals surface area contributed by atoms with Crippen molar-refractivity contribution in [2.24, 2.45) is 5.92 Å². The van der Waals surface area contributed by atoms with Gasteiger partial charge in [-0.05, 0) is 55.2 Å². The second-order valence-corrected chi connectivity index (χ2v) is 6.67. The molecule has 2 aromatic carbocycles. The average molecular weight is 355 g/mol. The molecule has 0 spiro atoms. The van der Waals surface area contributed by atoms with E-state index in [0.717, 1.165) is 23.4 Å². The highest BCUT2D eigenvalue weighted by atomic mass is 16.5. The zero-order chi connectivity index (χ0) is 18.9. The van der Waals surface area contributed by atoms with Gasteiger partial charge in [-0.25, -0.2) is 0 Å². The van der Waals surface area contributed by atoms with Crippen LogP contribution < -0.4 is 10.1 Å². The minimum atomic E-state index is -0.137. The smallest absolute Gasteiger partial charge is 0.255 e. The van der Waals surface area contributed by atoms with Gasteiger partial charge in [0.15, 0.2) is 0 Å². The van der Waals surface area contributed by atoms with Gasteiger partial charge in [-0.2, -0.15) is 0 Å². The summed E-state index contributed by atoms with van der Waals surface area (Å²) in [6.07, 6.45) is 0.979. The molecule has 0 saturated carbocycles. The predicted molar refractivity (Wildman–Crippen MR) is 106 cm³/mol.